The van der Waals surface area contributed by atoms with E-state index >= 15 is 0 Å². The molecule has 0 unspecified atom stereocenters. The molecule has 7 nitrogen and oxygen atoms in total. The minimum Gasteiger partial charge on any atom is -0.372 e. The Labute approximate surface area is 184 Å². The summed E-state index contributed by atoms with van der Waals surface area (Å²) >= 11 is 0. The summed E-state index contributed by atoms with van der Waals surface area (Å²) in [6.45, 7) is 2.18. The summed E-state index contributed by atoms with van der Waals surface area (Å²) in [6.07, 6.45) is 6.85. The second kappa shape index (κ2) is 8.30. The molecule has 4 aromatic rings. The first kappa shape index (κ1) is 20.0. The number of anilines is 3. The Bertz CT molecular complexity index is 1280. The molecule has 162 valence electrons. The van der Waals surface area contributed by atoms with Gasteiger partial charge in [-0.1, -0.05) is 12.1 Å². The van der Waals surface area contributed by atoms with Gasteiger partial charge in [-0.05, 0) is 55.7 Å². The normalized spacial score (nSPS) is 14.0. The molecule has 0 spiro atoms. The van der Waals surface area contributed by atoms with Crippen LogP contribution in [-0.2, 0) is 0 Å². The number of amides is 1. The molecular weight excluding hydrogens is 407 g/mol. The lowest BCUT2D eigenvalue weighted by atomic mass is 10.1. The van der Waals surface area contributed by atoms with Crippen molar-refractivity contribution in [3.05, 3.63) is 72.3 Å². The molecule has 0 aliphatic carbocycles. The number of hydrogen-bond donors (Lipinski definition) is 2. The summed E-state index contributed by atoms with van der Waals surface area (Å²) in [7, 11) is 0. The summed E-state index contributed by atoms with van der Waals surface area (Å²) in [6, 6.07) is 14.4. The first-order valence-electron chi connectivity index (χ1n) is 10.6. The van der Waals surface area contributed by atoms with Crippen LogP contribution < -0.4 is 16.0 Å². The van der Waals surface area contributed by atoms with Crippen molar-refractivity contribution in [3.63, 3.8) is 0 Å². The third kappa shape index (κ3) is 3.75. The number of hydrogen-bond acceptors (Lipinski definition) is 5. The highest BCUT2D eigenvalue weighted by atomic mass is 19.1. The molecule has 1 saturated heterocycles. The van der Waals surface area contributed by atoms with Crippen LogP contribution >= 0.6 is 0 Å². The van der Waals surface area contributed by atoms with Crippen LogP contribution in [0.2, 0.25) is 0 Å². The summed E-state index contributed by atoms with van der Waals surface area (Å²) in [5.74, 6) is -0.293. The van der Waals surface area contributed by atoms with Gasteiger partial charge in [0.2, 0.25) is 5.95 Å². The molecule has 0 bridgehead atoms. The van der Waals surface area contributed by atoms with Crippen LogP contribution in [0.3, 0.4) is 0 Å². The topological polar surface area (TPSA) is 89.1 Å². The Morgan fingerprint density at radius 2 is 1.81 bits per heavy atom. The Morgan fingerprint density at radius 3 is 2.56 bits per heavy atom. The zero-order valence-electron chi connectivity index (χ0n) is 17.5. The van der Waals surface area contributed by atoms with E-state index in [0.717, 1.165) is 18.8 Å². The molecular formula is C24H23FN6O. The number of carbonyl (C=O) groups is 1. The predicted molar refractivity (Wildman–Crippen MR) is 123 cm³/mol. The quantitative estimate of drug-likeness (QED) is 0.490. The maximum absolute atomic E-state index is 14.6. The summed E-state index contributed by atoms with van der Waals surface area (Å²) < 4.78 is 16.1. The molecule has 3 heterocycles. The highest BCUT2D eigenvalue weighted by Gasteiger charge is 2.18. The molecule has 0 radical (unpaired) electrons. The Morgan fingerprint density at radius 1 is 1.03 bits per heavy atom. The molecule has 3 N–H and O–H groups in total. The lowest BCUT2D eigenvalue weighted by Gasteiger charge is -2.28. The third-order valence-corrected chi connectivity index (χ3v) is 5.77. The SMILES string of the molecule is NC(=O)c1cn(-c2ccnc(Nc3ccc(N4CCCCC4)cc3)n2)c2c(F)cccc12. The van der Waals surface area contributed by atoms with E-state index in [1.165, 1.54) is 41.8 Å². The lowest BCUT2D eigenvalue weighted by molar-refractivity contribution is 0.100. The highest BCUT2D eigenvalue weighted by molar-refractivity contribution is 6.06. The van der Waals surface area contributed by atoms with E-state index in [-0.39, 0.29) is 11.1 Å². The summed E-state index contributed by atoms with van der Waals surface area (Å²) in [4.78, 5) is 23.1. The van der Waals surface area contributed by atoms with Crippen LogP contribution in [0.4, 0.5) is 21.7 Å². The number of primary amides is 1. The molecule has 1 aliphatic heterocycles. The van der Waals surface area contributed by atoms with E-state index in [4.69, 9.17) is 5.73 Å². The highest BCUT2D eigenvalue weighted by Crippen LogP contribution is 2.27. The number of rotatable bonds is 5. The molecule has 0 saturated carbocycles. The number of halogens is 1. The molecule has 1 amide bonds. The molecule has 8 heteroatoms. The number of nitrogens with zero attached hydrogens (tertiary/aromatic N) is 4. The molecule has 2 aromatic carbocycles. The maximum atomic E-state index is 14.6. The molecule has 0 atom stereocenters. The van der Waals surface area contributed by atoms with Crippen molar-refractivity contribution in [2.75, 3.05) is 23.3 Å². The lowest BCUT2D eigenvalue weighted by Crippen LogP contribution is -2.29. The maximum Gasteiger partial charge on any atom is 0.250 e. The van der Waals surface area contributed by atoms with Gasteiger partial charge in [0.05, 0.1) is 11.1 Å². The van der Waals surface area contributed by atoms with Gasteiger partial charge in [0.1, 0.15) is 11.6 Å². The van der Waals surface area contributed by atoms with Crippen molar-refractivity contribution >= 4 is 34.1 Å². The standard InChI is InChI=1S/C24H23FN6O/c25-20-6-4-5-18-19(23(26)32)15-31(22(18)20)21-11-12-27-24(29-21)28-16-7-9-17(10-8-16)30-13-2-1-3-14-30/h4-12,15H,1-3,13-14H2,(H2,26,32)(H,27,28,29). The van der Waals surface area contributed by atoms with Crippen molar-refractivity contribution in [1.29, 1.82) is 0 Å². The number of para-hydroxylation sites is 1. The van der Waals surface area contributed by atoms with Crippen LogP contribution in [0.25, 0.3) is 16.7 Å². The number of benzene rings is 2. The van der Waals surface area contributed by atoms with Gasteiger partial charge < -0.3 is 16.0 Å². The van der Waals surface area contributed by atoms with Gasteiger partial charge >= 0.3 is 0 Å². The first-order valence-corrected chi connectivity index (χ1v) is 10.6. The van der Waals surface area contributed by atoms with E-state index in [9.17, 15) is 9.18 Å². The molecule has 32 heavy (non-hydrogen) atoms. The third-order valence-electron chi connectivity index (χ3n) is 5.77. The van der Waals surface area contributed by atoms with Gasteiger partial charge in [0.25, 0.3) is 5.91 Å². The fourth-order valence-corrected chi connectivity index (χ4v) is 4.20. The average Bonchev–Trinajstić information content (AvgIpc) is 3.22. The monoisotopic (exact) mass is 430 g/mol. The van der Waals surface area contributed by atoms with Crippen molar-refractivity contribution in [2.45, 2.75) is 19.3 Å². The largest absolute Gasteiger partial charge is 0.372 e. The summed E-state index contributed by atoms with van der Waals surface area (Å²) in [5.41, 5.74) is 8.04. The molecule has 1 fully saturated rings. The number of nitrogens with two attached hydrogens (primary N) is 1. The van der Waals surface area contributed by atoms with Gasteiger partial charge in [0, 0.05) is 42.2 Å². The second-order valence-electron chi connectivity index (χ2n) is 7.87. The smallest absolute Gasteiger partial charge is 0.250 e. The van der Waals surface area contributed by atoms with Crippen molar-refractivity contribution in [1.82, 2.24) is 14.5 Å². The van der Waals surface area contributed by atoms with E-state index < -0.39 is 11.7 Å². The zero-order chi connectivity index (χ0) is 22.1. The Hall–Kier alpha value is -3.94. The van der Waals surface area contributed by atoms with Gasteiger partial charge in [-0.15, -0.1) is 0 Å². The fraction of sp³-hybridized carbons (Fsp3) is 0.208. The fourth-order valence-electron chi connectivity index (χ4n) is 4.20. The zero-order valence-corrected chi connectivity index (χ0v) is 17.5. The van der Waals surface area contributed by atoms with Gasteiger partial charge in [-0.2, -0.15) is 4.98 Å². The number of nitrogens with one attached hydrogen (secondary N) is 1. The van der Waals surface area contributed by atoms with Gasteiger partial charge in [0.15, 0.2) is 0 Å². The van der Waals surface area contributed by atoms with Crippen molar-refractivity contribution < 1.29 is 9.18 Å². The second-order valence-corrected chi connectivity index (χ2v) is 7.87. The van der Waals surface area contributed by atoms with E-state index in [2.05, 4.69) is 32.3 Å². The predicted octanol–water partition coefficient (Wildman–Crippen LogP) is 4.39. The number of carbonyl (C=O) groups excluding carboxylic acids is 1. The van der Waals surface area contributed by atoms with Crippen molar-refractivity contribution in [2.24, 2.45) is 5.73 Å². The van der Waals surface area contributed by atoms with Crippen LogP contribution in [-0.4, -0.2) is 33.5 Å². The number of aromatic nitrogens is 3. The van der Waals surface area contributed by atoms with Crippen LogP contribution in [0.5, 0.6) is 0 Å². The minimum absolute atomic E-state index is 0.237. The molecule has 1 aliphatic rings. The van der Waals surface area contributed by atoms with Crippen LogP contribution in [0, 0.1) is 5.82 Å². The van der Waals surface area contributed by atoms with Crippen LogP contribution in [0.15, 0.2) is 60.9 Å². The van der Waals surface area contributed by atoms with Crippen LogP contribution in [0.1, 0.15) is 29.6 Å². The van der Waals surface area contributed by atoms with E-state index in [1.54, 1.807) is 24.4 Å². The number of fused-ring (bicyclic) bond motifs is 1. The van der Waals surface area contributed by atoms with Gasteiger partial charge in [-0.25, -0.2) is 9.37 Å². The van der Waals surface area contributed by atoms with E-state index in [0.29, 0.717) is 17.2 Å². The molecule has 2 aromatic heterocycles. The molecule has 5 rings (SSSR count). The Balaban J connectivity index is 1.44. The van der Waals surface area contributed by atoms with Gasteiger partial charge in [-0.3, -0.25) is 9.36 Å². The van der Waals surface area contributed by atoms with Crippen molar-refractivity contribution in [3.8, 4) is 5.82 Å². The number of piperidine rings is 1. The van der Waals surface area contributed by atoms with E-state index in [1.807, 2.05) is 12.1 Å². The average molecular weight is 430 g/mol. The minimum atomic E-state index is -0.624. The summed E-state index contributed by atoms with van der Waals surface area (Å²) in [5, 5.41) is 3.64. The first-order chi connectivity index (χ1) is 15.6. The Kier molecular flexibility index (Phi) is 5.18.